The summed E-state index contributed by atoms with van der Waals surface area (Å²) in [5.41, 5.74) is 5.52. The normalized spacial score (nSPS) is 15.6. The van der Waals surface area contributed by atoms with Crippen molar-refractivity contribution in [3.8, 4) is 5.69 Å². The Bertz CT molecular complexity index is 1210. The van der Waals surface area contributed by atoms with Crippen molar-refractivity contribution in [2.75, 3.05) is 4.90 Å². The van der Waals surface area contributed by atoms with Crippen molar-refractivity contribution in [1.82, 2.24) is 9.88 Å². The molecule has 2 aromatic carbocycles. The molecular formula is C24H21N3O2S. The standard InChI is InChI=1S/C24H21N3O2S/c1-15-9-11-19(13-16(15)2)27-23(29)21(22(28)25-24(27)30)14-20-12-10-17(3)26(20)18-7-5-4-6-8-18/h4-14H,1-3H3,(H,25,28,30)/b21-14+. The lowest BCUT2D eigenvalue weighted by Crippen LogP contribution is -2.54. The van der Waals surface area contributed by atoms with Crippen LogP contribution in [-0.2, 0) is 9.59 Å². The molecule has 0 spiro atoms. The number of hydrogen-bond donors (Lipinski definition) is 1. The Labute approximate surface area is 180 Å². The number of nitrogens with zero attached hydrogens (tertiary/aromatic N) is 2. The third-order valence-corrected chi connectivity index (χ3v) is 5.55. The number of amides is 2. The molecular weight excluding hydrogens is 394 g/mol. The van der Waals surface area contributed by atoms with Crippen LogP contribution in [0.25, 0.3) is 11.8 Å². The number of aryl methyl sites for hydroxylation is 3. The van der Waals surface area contributed by atoms with Crippen LogP contribution in [0.15, 0.2) is 66.2 Å². The Hall–Kier alpha value is -3.51. The van der Waals surface area contributed by atoms with Crippen LogP contribution < -0.4 is 10.2 Å². The smallest absolute Gasteiger partial charge is 0.270 e. The zero-order valence-electron chi connectivity index (χ0n) is 17.0. The van der Waals surface area contributed by atoms with Gasteiger partial charge in [0.15, 0.2) is 5.11 Å². The van der Waals surface area contributed by atoms with Gasteiger partial charge in [0.1, 0.15) is 5.57 Å². The quantitative estimate of drug-likeness (QED) is 0.396. The molecule has 0 radical (unpaired) electrons. The first-order chi connectivity index (χ1) is 14.4. The highest BCUT2D eigenvalue weighted by Crippen LogP contribution is 2.25. The summed E-state index contributed by atoms with van der Waals surface area (Å²) in [5, 5.41) is 2.73. The van der Waals surface area contributed by atoms with Gasteiger partial charge in [-0.2, -0.15) is 0 Å². The van der Waals surface area contributed by atoms with Crippen LogP contribution in [0.2, 0.25) is 0 Å². The van der Waals surface area contributed by atoms with Crippen molar-refractivity contribution in [3.63, 3.8) is 0 Å². The maximum Gasteiger partial charge on any atom is 0.270 e. The Morgan fingerprint density at radius 1 is 0.867 bits per heavy atom. The summed E-state index contributed by atoms with van der Waals surface area (Å²) in [5.74, 6) is -0.936. The van der Waals surface area contributed by atoms with Gasteiger partial charge in [-0.05, 0) is 86.6 Å². The lowest BCUT2D eigenvalue weighted by Gasteiger charge is -2.29. The van der Waals surface area contributed by atoms with E-state index in [2.05, 4.69) is 5.32 Å². The lowest BCUT2D eigenvalue weighted by molar-refractivity contribution is -0.122. The number of para-hydroxylation sites is 1. The summed E-state index contributed by atoms with van der Waals surface area (Å²) in [6.45, 7) is 5.96. The molecule has 1 aliphatic heterocycles. The molecule has 30 heavy (non-hydrogen) atoms. The second kappa shape index (κ2) is 7.72. The molecule has 1 saturated heterocycles. The van der Waals surface area contributed by atoms with Gasteiger partial charge in [-0.3, -0.25) is 19.8 Å². The fourth-order valence-electron chi connectivity index (χ4n) is 3.51. The molecule has 0 saturated carbocycles. The lowest BCUT2D eigenvalue weighted by atomic mass is 10.1. The second-order valence-corrected chi connectivity index (χ2v) is 7.68. The fourth-order valence-corrected chi connectivity index (χ4v) is 3.79. The van der Waals surface area contributed by atoms with Gasteiger partial charge in [-0.1, -0.05) is 24.3 Å². The molecule has 0 bridgehead atoms. The van der Waals surface area contributed by atoms with Gasteiger partial charge >= 0.3 is 0 Å². The van der Waals surface area contributed by atoms with Crippen LogP contribution >= 0.6 is 12.2 Å². The Morgan fingerprint density at radius 2 is 1.60 bits per heavy atom. The minimum atomic E-state index is -0.497. The number of carbonyl (C=O) groups excluding carboxylic acids is 2. The molecule has 2 heterocycles. The van der Waals surface area contributed by atoms with Gasteiger partial charge in [-0.15, -0.1) is 0 Å². The Morgan fingerprint density at radius 3 is 2.30 bits per heavy atom. The molecule has 1 aromatic heterocycles. The van der Waals surface area contributed by atoms with Crippen molar-refractivity contribution >= 4 is 40.9 Å². The average Bonchev–Trinajstić information content (AvgIpc) is 3.08. The number of nitrogens with one attached hydrogen (secondary N) is 1. The molecule has 5 nitrogen and oxygen atoms in total. The molecule has 3 aromatic rings. The second-order valence-electron chi connectivity index (χ2n) is 7.30. The molecule has 4 rings (SSSR count). The molecule has 150 valence electrons. The zero-order chi connectivity index (χ0) is 21.4. The zero-order valence-corrected chi connectivity index (χ0v) is 17.8. The number of anilines is 1. The van der Waals surface area contributed by atoms with E-state index in [1.165, 1.54) is 4.90 Å². The van der Waals surface area contributed by atoms with Crippen LogP contribution in [0.1, 0.15) is 22.5 Å². The van der Waals surface area contributed by atoms with E-state index < -0.39 is 11.8 Å². The number of hydrogen-bond acceptors (Lipinski definition) is 3. The number of carbonyl (C=O) groups is 2. The van der Waals surface area contributed by atoms with E-state index in [1.807, 2.05) is 86.0 Å². The van der Waals surface area contributed by atoms with E-state index in [9.17, 15) is 9.59 Å². The summed E-state index contributed by atoms with van der Waals surface area (Å²) in [6.07, 6.45) is 1.62. The predicted molar refractivity (Wildman–Crippen MR) is 123 cm³/mol. The van der Waals surface area contributed by atoms with Crippen molar-refractivity contribution < 1.29 is 9.59 Å². The highest BCUT2D eigenvalue weighted by atomic mass is 32.1. The number of rotatable bonds is 3. The highest BCUT2D eigenvalue weighted by Gasteiger charge is 2.34. The van der Waals surface area contributed by atoms with Crippen molar-refractivity contribution in [2.45, 2.75) is 20.8 Å². The predicted octanol–water partition coefficient (Wildman–Crippen LogP) is 4.23. The Kier molecular flexibility index (Phi) is 5.10. The average molecular weight is 416 g/mol. The molecule has 1 aliphatic rings. The topological polar surface area (TPSA) is 54.3 Å². The van der Waals surface area contributed by atoms with Crippen LogP contribution in [0, 0.1) is 20.8 Å². The summed E-state index contributed by atoms with van der Waals surface area (Å²) in [7, 11) is 0. The van der Waals surface area contributed by atoms with E-state index >= 15 is 0 Å². The van der Waals surface area contributed by atoms with Crippen molar-refractivity contribution in [1.29, 1.82) is 0 Å². The molecule has 0 aliphatic carbocycles. The van der Waals surface area contributed by atoms with Gasteiger partial charge in [0.25, 0.3) is 11.8 Å². The third-order valence-electron chi connectivity index (χ3n) is 5.26. The molecule has 0 atom stereocenters. The molecule has 1 N–H and O–H groups in total. The largest absolute Gasteiger partial charge is 0.314 e. The van der Waals surface area contributed by atoms with Crippen LogP contribution in [0.5, 0.6) is 0 Å². The highest BCUT2D eigenvalue weighted by molar-refractivity contribution is 7.80. The maximum atomic E-state index is 13.3. The molecule has 1 fully saturated rings. The first-order valence-corrected chi connectivity index (χ1v) is 10.00. The summed E-state index contributed by atoms with van der Waals surface area (Å²) >= 11 is 5.30. The van der Waals surface area contributed by atoms with E-state index in [4.69, 9.17) is 12.2 Å². The molecule has 0 unspecified atom stereocenters. The summed E-state index contributed by atoms with van der Waals surface area (Å²) in [6, 6.07) is 19.3. The number of aromatic nitrogens is 1. The minimum Gasteiger partial charge on any atom is -0.314 e. The van der Waals surface area contributed by atoms with Crippen LogP contribution in [0.4, 0.5) is 5.69 Å². The van der Waals surface area contributed by atoms with E-state index in [0.29, 0.717) is 5.69 Å². The molecule has 2 amide bonds. The van der Waals surface area contributed by atoms with E-state index in [1.54, 1.807) is 6.08 Å². The van der Waals surface area contributed by atoms with Gasteiger partial charge in [0.2, 0.25) is 0 Å². The van der Waals surface area contributed by atoms with Gasteiger partial charge in [0.05, 0.1) is 5.69 Å². The minimum absolute atomic E-state index is 0.0390. The number of benzene rings is 2. The SMILES string of the molecule is Cc1ccc(N2C(=O)/C(=C/c3ccc(C)n3-c3ccccc3)C(=O)NC2=S)cc1C. The summed E-state index contributed by atoms with van der Waals surface area (Å²) < 4.78 is 2.00. The summed E-state index contributed by atoms with van der Waals surface area (Å²) in [4.78, 5) is 27.3. The maximum absolute atomic E-state index is 13.3. The van der Waals surface area contributed by atoms with Gasteiger partial charge in [0, 0.05) is 17.1 Å². The van der Waals surface area contributed by atoms with Crippen LogP contribution in [-0.4, -0.2) is 21.5 Å². The Balaban J connectivity index is 1.79. The first-order valence-electron chi connectivity index (χ1n) is 9.59. The van der Waals surface area contributed by atoms with Crippen LogP contribution in [0.3, 0.4) is 0 Å². The molecule has 6 heteroatoms. The number of thiocarbonyl (C=S) groups is 1. The van der Waals surface area contributed by atoms with E-state index in [-0.39, 0.29) is 10.7 Å². The van der Waals surface area contributed by atoms with Gasteiger partial charge in [-0.25, -0.2) is 0 Å². The fraction of sp³-hybridized carbons (Fsp3) is 0.125. The van der Waals surface area contributed by atoms with Crippen molar-refractivity contribution in [3.05, 3.63) is 88.8 Å². The monoisotopic (exact) mass is 415 g/mol. The van der Waals surface area contributed by atoms with Crippen molar-refractivity contribution in [2.24, 2.45) is 0 Å². The van der Waals surface area contributed by atoms with E-state index in [0.717, 1.165) is 28.2 Å². The van der Waals surface area contributed by atoms with Gasteiger partial charge < -0.3 is 4.57 Å². The first kappa shape index (κ1) is 19.8. The third kappa shape index (κ3) is 3.46.